The third-order valence-electron chi connectivity index (χ3n) is 5.75. The monoisotopic (exact) mass is 592 g/mol. The summed E-state index contributed by atoms with van der Waals surface area (Å²) in [7, 11) is 0. The van der Waals surface area contributed by atoms with Crippen LogP contribution in [0.2, 0.25) is 0 Å². The zero-order valence-electron chi connectivity index (χ0n) is 21.1. The number of nitrogens with one attached hydrogen (secondary N) is 2. The highest BCUT2D eigenvalue weighted by Gasteiger charge is 2.37. The fraction of sp³-hybridized carbons (Fsp3) is 0.179. The van der Waals surface area contributed by atoms with E-state index in [0.717, 1.165) is 16.9 Å². The summed E-state index contributed by atoms with van der Waals surface area (Å²) >= 11 is 1.08. The number of benzene rings is 3. The van der Waals surface area contributed by atoms with Crippen LogP contribution in [-0.2, 0) is 32.0 Å². The van der Waals surface area contributed by atoms with E-state index < -0.39 is 41.1 Å². The van der Waals surface area contributed by atoms with Gasteiger partial charge in [-0.15, -0.1) is 11.3 Å². The van der Waals surface area contributed by atoms with E-state index in [4.69, 9.17) is 0 Å². The van der Waals surface area contributed by atoms with Gasteiger partial charge in [-0.2, -0.15) is 26.3 Å². The van der Waals surface area contributed by atoms with Crippen LogP contribution in [0.25, 0.3) is 0 Å². The Balaban J connectivity index is 1.54. The lowest BCUT2D eigenvalue weighted by molar-refractivity contribution is -0.143. The van der Waals surface area contributed by atoms with Crippen LogP contribution in [0, 0.1) is 0 Å². The van der Waals surface area contributed by atoms with Gasteiger partial charge in [-0.25, -0.2) is 9.78 Å². The summed E-state index contributed by atoms with van der Waals surface area (Å²) in [6.07, 6.45) is -10.1. The molecule has 4 rings (SSSR count). The van der Waals surface area contributed by atoms with E-state index in [-0.39, 0.29) is 31.4 Å². The molecule has 214 valence electrons. The van der Waals surface area contributed by atoms with Gasteiger partial charge in [-0.1, -0.05) is 60.7 Å². The fourth-order valence-corrected chi connectivity index (χ4v) is 4.54. The van der Waals surface area contributed by atoms with Gasteiger partial charge in [0.2, 0.25) is 0 Å². The van der Waals surface area contributed by atoms with Crippen molar-refractivity contribution in [2.75, 3.05) is 5.32 Å². The molecule has 0 radical (unpaired) electrons. The number of halogens is 6. The van der Waals surface area contributed by atoms with Gasteiger partial charge in [0, 0.05) is 24.2 Å². The first-order chi connectivity index (χ1) is 19.4. The van der Waals surface area contributed by atoms with E-state index in [1.165, 1.54) is 10.3 Å². The highest BCUT2D eigenvalue weighted by atomic mass is 32.1. The predicted molar refractivity (Wildman–Crippen MR) is 141 cm³/mol. The van der Waals surface area contributed by atoms with Crippen molar-refractivity contribution in [3.63, 3.8) is 0 Å². The Bertz CT molecular complexity index is 1460. The van der Waals surface area contributed by atoms with Gasteiger partial charge >= 0.3 is 18.4 Å². The number of aromatic nitrogens is 1. The number of alkyl halides is 6. The van der Waals surface area contributed by atoms with Crippen molar-refractivity contribution >= 4 is 29.0 Å². The standard InChI is InChI=1S/C28H22F6N4O2S/c29-27(30,31)20-11-21(28(32,33)34)13-22(12-20)36-26(40)38(15-19-9-5-2-6-10-19)16-24-37-23(17-41-24)25(39)35-14-18-7-3-1-4-8-18/h1-13,17H,14-16H2,(H,35,39)(H,36,40). The van der Waals surface area contributed by atoms with Crippen LogP contribution in [0.15, 0.2) is 84.2 Å². The molecule has 0 aliphatic carbocycles. The normalized spacial score (nSPS) is 11.7. The maximum absolute atomic E-state index is 13.3. The van der Waals surface area contributed by atoms with Gasteiger partial charge in [0.1, 0.15) is 10.7 Å². The molecule has 41 heavy (non-hydrogen) atoms. The molecule has 0 aliphatic heterocycles. The van der Waals surface area contributed by atoms with Gasteiger partial charge in [-0.05, 0) is 29.3 Å². The van der Waals surface area contributed by atoms with Crippen molar-refractivity contribution in [1.82, 2.24) is 15.2 Å². The largest absolute Gasteiger partial charge is 0.416 e. The average Bonchev–Trinajstić information content (AvgIpc) is 3.40. The number of nitrogens with zero attached hydrogens (tertiary/aromatic N) is 2. The summed E-state index contributed by atoms with van der Waals surface area (Å²) in [5.41, 5.74) is -2.14. The summed E-state index contributed by atoms with van der Waals surface area (Å²) in [6.45, 7) is 0.0707. The summed E-state index contributed by atoms with van der Waals surface area (Å²) in [6, 6.07) is 17.7. The Kier molecular flexibility index (Phi) is 8.96. The number of urea groups is 1. The first kappa shape index (κ1) is 29.6. The highest BCUT2D eigenvalue weighted by molar-refractivity contribution is 7.09. The van der Waals surface area contributed by atoms with Crippen LogP contribution in [-0.4, -0.2) is 21.8 Å². The lowest BCUT2D eigenvalue weighted by Crippen LogP contribution is -2.34. The molecule has 6 nitrogen and oxygen atoms in total. The SMILES string of the molecule is O=C(NCc1ccccc1)c1csc(CN(Cc2ccccc2)C(=O)Nc2cc(C(F)(F)F)cc(C(F)(F)F)c2)n1. The maximum Gasteiger partial charge on any atom is 0.416 e. The molecule has 13 heteroatoms. The number of carbonyl (C=O) groups is 2. The van der Waals surface area contributed by atoms with Crippen molar-refractivity contribution in [3.05, 3.63) is 117 Å². The maximum atomic E-state index is 13.3. The summed E-state index contributed by atoms with van der Waals surface area (Å²) in [4.78, 5) is 31.2. The van der Waals surface area contributed by atoms with Crippen molar-refractivity contribution in [3.8, 4) is 0 Å². The lowest BCUT2D eigenvalue weighted by Gasteiger charge is -2.23. The fourth-order valence-electron chi connectivity index (χ4n) is 3.75. The van der Waals surface area contributed by atoms with Gasteiger partial charge in [-0.3, -0.25) is 4.79 Å². The topological polar surface area (TPSA) is 74.3 Å². The second-order valence-corrected chi connectivity index (χ2v) is 9.80. The minimum atomic E-state index is -5.07. The molecule has 3 amide bonds. The first-order valence-electron chi connectivity index (χ1n) is 12.0. The quantitative estimate of drug-likeness (QED) is 0.210. The number of rotatable bonds is 8. The Hall–Kier alpha value is -4.39. The average molecular weight is 593 g/mol. The van der Waals surface area contributed by atoms with Crippen LogP contribution < -0.4 is 10.6 Å². The predicted octanol–water partition coefficient (Wildman–Crippen LogP) is 7.35. The molecule has 1 aromatic heterocycles. The molecule has 0 spiro atoms. The highest BCUT2D eigenvalue weighted by Crippen LogP contribution is 2.37. The molecule has 0 bridgehead atoms. The van der Waals surface area contributed by atoms with E-state index in [1.54, 1.807) is 30.3 Å². The number of anilines is 1. The van der Waals surface area contributed by atoms with E-state index in [0.29, 0.717) is 22.7 Å². The van der Waals surface area contributed by atoms with Crippen molar-refractivity contribution in [2.45, 2.75) is 32.0 Å². The number of amides is 3. The molecule has 3 aromatic carbocycles. The van der Waals surface area contributed by atoms with Gasteiger partial charge < -0.3 is 15.5 Å². The van der Waals surface area contributed by atoms with Crippen molar-refractivity contribution in [2.24, 2.45) is 0 Å². The Morgan fingerprint density at radius 1 is 0.780 bits per heavy atom. The zero-order valence-corrected chi connectivity index (χ0v) is 21.9. The third kappa shape index (κ3) is 8.30. The molecule has 0 atom stereocenters. The number of thiazole rings is 1. The third-order valence-corrected chi connectivity index (χ3v) is 6.58. The molecule has 0 fully saturated rings. The number of carbonyl (C=O) groups excluding carboxylic acids is 2. The minimum Gasteiger partial charge on any atom is -0.347 e. The second kappa shape index (κ2) is 12.4. The molecule has 2 N–H and O–H groups in total. The Morgan fingerprint density at radius 2 is 1.34 bits per heavy atom. The number of hydrogen-bond acceptors (Lipinski definition) is 4. The zero-order chi connectivity index (χ0) is 29.6. The van der Waals surface area contributed by atoms with Crippen LogP contribution in [0.4, 0.5) is 36.8 Å². The molecule has 0 saturated carbocycles. The Labute approximate surface area is 234 Å². The lowest BCUT2D eigenvalue weighted by atomic mass is 10.1. The van der Waals surface area contributed by atoms with Gasteiger partial charge in [0.15, 0.2) is 0 Å². The summed E-state index contributed by atoms with van der Waals surface area (Å²) < 4.78 is 79.8. The second-order valence-electron chi connectivity index (χ2n) is 8.86. The molecule has 0 aliphatic rings. The van der Waals surface area contributed by atoms with Crippen LogP contribution in [0.5, 0.6) is 0 Å². The van der Waals surface area contributed by atoms with E-state index in [9.17, 15) is 35.9 Å². The summed E-state index contributed by atoms with van der Waals surface area (Å²) in [5, 5.41) is 6.73. The molecule has 4 aromatic rings. The van der Waals surface area contributed by atoms with E-state index in [2.05, 4.69) is 15.6 Å². The minimum absolute atomic E-state index is 0.0165. The van der Waals surface area contributed by atoms with Crippen LogP contribution in [0.3, 0.4) is 0 Å². The van der Waals surface area contributed by atoms with Crippen molar-refractivity contribution < 1.29 is 35.9 Å². The van der Waals surface area contributed by atoms with Crippen molar-refractivity contribution in [1.29, 1.82) is 0 Å². The molecular weight excluding hydrogens is 570 g/mol. The van der Waals surface area contributed by atoms with Crippen LogP contribution >= 0.6 is 11.3 Å². The first-order valence-corrected chi connectivity index (χ1v) is 12.9. The number of hydrogen-bond donors (Lipinski definition) is 2. The smallest absolute Gasteiger partial charge is 0.347 e. The molecule has 0 unspecified atom stereocenters. The molecule has 1 heterocycles. The van der Waals surface area contributed by atoms with E-state index in [1.807, 2.05) is 30.3 Å². The summed E-state index contributed by atoms with van der Waals surface area (Å²) in [5.74, 6) is -0.445. The van der Waals surface area contributed by atoms with E-state index >= 15 is 0 Å². The Morgan fingerprint density at radius 3 is 1.90 bits per heavy atom. The van der Waals surface area contributed by atoms with Crippen LogP contribution in [0.1, 0.15) is 37.7 Å². The van der Waals surface area contributed by atoms with Gasteiger partial charge in [0.25, 0.3) is 5.91 Å². The van der Waals surface area contributed by atoms with Gasteiger partial charge in [0.05, 0.1) is 17.7 Å². The molecule has 0 saturated heterocycles. The molecular formula is C28H22F6N4O2S.